The average Bonchev–Trinajstić information content (AvgIpc) is 2.80. The molecular weight excluding hydrogens is 470 g/mol. The molecule has 0 aliphatic rings. The van der Waals surface area contributed by atoms with Crippen molar-refractivity contribution in [2.45, 2.75) is 16.7 Å². The standard InChI is InChI=1S/C23H22F2N2O4S2/c1-3-31-18-7-5-17(6-8-18)27(33(29,30)20-11-9-19(32-2)10-12-20)15-23(28)26-22-13-4-16(24)14-21(22)25/h4-14H,3,15H2,1-2H3,(H,26,28). The number of carbonyl (C=O) groups is 1. The number of nitrogens with one attached hydrogen (secondary N) is 1. The summed E-state index contributed by atoms with van der Waals surface area (Å²) >= 11 is 1.46. The Morgan fingerprint density at radius 1 is 1.03 bits per heavy atom. The number of rotatable bonds is 9. The maximum atomic E-state index is 14.0. The van der Waals surface area contributed by atoms with Gasteiger partial charge in [-0.1, -0.05) is 0 Å². The topological polar surface area (TPSA) is 75.7 Å². The lowest BCUT2D eigenvalue weighted by Gasteiger charge is -2.24. The van der Waals surface area contributed by atoms with Gasteiger partial charge in [-0.3, -0.25) is 9.10 Å². The van der Waals surface area contributed by atoms with Gasteiger partial charge in [0.25, 0.3) is 10.0 Å². The van der Waals surface area contributed by atoms with Crippen LogP contribution in [0.25, 0.3) is 0 Å². The zero-order chi connectivity index (χ0) is 24.0. The largest absolute Gasteiger partial charge is 0.494 e. The monoisotopic (exact) mass is 492 g/mol. The van der Waals surface area contributed by atoms with E-state index in [-0.39, 0.29) is 16.3 Å². The Morgan fingerprint density at radius 3 is 2.27 bits per heavy atom. The fourth-order valence-electron chi connectivity index (χ4n) is 2.98. The van der Waals surface area contributed by atoms with Crippen molar-refractivity contribution in [2.75, 3.05) is 29.0 Å². The maximum absolute atomic E-state index is 14.0. The molecule has 0 radical (unpaired) electrons. The molecule has 33 heavy (non-hydrogen) atoms. The molecule has 1 amide bonds. The highest BCUT2D eigenvalue weighted by Gasteiger charge is 2.27. The molecule has 174 valence electrons. The summed E-state index contributed by atoms with van der Waals surface area (Å²) in [5, 5.41) is 2.30. The van der Waals surface area contributed by atoms with E-state index in [0.29, 0.717) is 18.4 Å². The molecular formula is C23H22F2N2O4S2. The Bertz CT molecular complexity index is 1220. The predicted octanol–water partition coefficient (Wildman–Crippen LogP) is 4.92. The van der Waals surface area contributed by atoms with Gasteiger partial charge in [0.2, 0.25) is 5.91 Å². The van der Waals surface area contributed by atoms with Gasteiger partial charge in [-0.15, -0.1) is 11.8 Å². The number of carbonyl (C=O) groups excluding carboxylic acids is 1. The molecule has 3 aromatic rings. The van der Waals surface area contributed by atoms with Gasteiger partial charge in [-0.2, -0.15) is 0 Å². The van der Waals surface area contributed by atoms with Gasteiger partial charge >= 0.3 is 0 Å². The smallest absolute Gasteiger partial charge is 0.264 e. The van der Waals surface area contributed by atoms with E-state index in [1.807, 2.05) is 13.2 Å². The number of sulfonamides is 1. The van der Waals surface area contributed by atoms with Crippen molar-refractivity contribution >= 4 is 39.1 Å². The van der Waals surface area contributed by atoms with Gasteiger partial charge in [0.15, 0.2) is 0 Å². The van der Waals surface area contributed by atoms with Gasteiger partial charge in [-0.05, 0) is 73.8 Å². The van der Waals surface area contributed by atoms with Gasteiger partial charge < -0.3 is 10.1 Å². The van der Waals surface area contributed by atoms with Crippen LogP contribution in [-0.4, -0.2) is 33.7 Å². The van der Waals surface area contributed by atoms with Gasteiger partial charge in [0, 0.05) is 11.0 Å². The summed E-state index contributed by atoms with van der Waals surface area (Å²) in [4.78, 5) is 13.6. The molecule has 3 aromatic carbocycles. The van der Waals surface area contributed by atoms with Crippen LogP contribution in [0, 0.1) is 11.6 Å². The van der Waals surface area contributed by atoms with Crippen LogP contribution < -0.4 is 14.4 Å². The minimum absolute atomic E-state index is 0.00468. The summed E-state index contributed by atoms with van der Waals surface area (Å²) in [6, 6.07) is 15.2. The summed E-state index contributed by atoms with van der Waals surface area (Å²) < 4.78 is 60.3. The summed E-state index contributed by atoms with van der Waals surface area (Å²) in [5.41, 5.74) is -0.0307. The highest BCUT2D eigenvalue weighted by atomic mass is 32.2. The first-order chi connectivity index (χ1) is 15.7. The number of nitrogens with zero attached hydrogens (tertiary/aromatic N) is 1. The molecule has 10 heteroatoms. The molecule has 0 aliphatic carbocycles. The average molecular weight is 493 g/mol. The molecule has 0 heterocycles. The first-order valence-corrected chi connectivity index (χ1v) is 12.6. The third-order valence-electron chi connectivity index (χ3n) is 4.58. The highest BCUT2D eigenvalue weighted by molar-refractivity contribution is 7.98. The Hall–Kier alpha value is -3.11. The Labute approximate surface area is 195 Å². The second-order valence-corrected chi connectivity index (χ2v) is 9.53. The maximum Gasteiger partial charge on any atom is 0.264 e. The van der Waals surface area contributed by atoms with Crippen molar-refractivity contribution in [1.82, 2.24) is 0 Å². The van der Waals surface area contributed by atoms with E-state index in [9.17, 15) is 22.0 Å². The summed E-state index contributed by atoms with van der Waals surface area (Å²) in [5.74, 6) is -2.01. The molecule has 0 saturated heterocycles. The summed E-state index contributed by atoms with van der Waals surface area (Å²) in [6.07, 6.45) is 1.87. The van der Waals surface area contributed by atoms with Crippen LogP contribution in [0.2, 0.25) is 0 Å². The number of hydrogen-bond donors (Lipinski definition) is 1. The lowest BCUT2D eigenvalue weighted by Crippen LogP contribution is -2.38. The zero-order valence-corrected chi connectivity index (χ0v) is 19.6. The van der Waals surface area contributed by atoms with E-state index in [1.165, 1.54) is 36.0 Å². The van der Waals surface area contributed by atoms with E-state index in [4.69, 9.17) is 4.74 Å². The van der Waals surface area contributed by atoms with Crippen molar-refractivity contribution in [2.24, 2.45) is 0 Å². The van der Waals surface area contributed by atoms with Gasteiger partial charge in [-0.25, -0.2) is 17.2 Å². The Morgan fingerprint density at radius 2 is 1.70 bits per heavy atom. The van der Waals surface area contributed by atoms with E-state index in [2.05, 4.69) is 5.32 Å². The molecule has 0 atom stereocenters. The van der Waals surface area contributed by atoms with Crippen molar-refractivity contribution in [3.63, 3.8) is 0 Å². The molecule has 0 aromatic heterocycles. The molecule has 1 N–H and O–H groups in total. The number of thioether (sulfide) groups is 1. The molecule has 3 rings (SSSR count). The minimum atomic E-state index is -4.14. The number of halogens is 2. The second-order valence-electron chi connectivity index (χ2n) is 6.79. The van der Waals surface area contributed by atoms with E-state index < -0.39 is 34.1 Å². The SMILES string of the molecule is CCOc1ccc(N(CC(=O)Nc2ccc(F)cc2F)S(=O)(=O)c2ccc(SC)cc2)cc1. The van der Waals surface area contributed by atoms with Crippen LogP contribution in [0.15, 0.2) is 76.5 Å². The molecule has 0 saturated carbocycles. The van der Waals surface area contributed by atoms with Crippen LogP contribution in [0.4, 0.5) is 20.2 Å². The first-order valence-electron chi connectivity index (χ1n) is 9.89. The molecule has 0 bridgehead atoms. The van der Waals surface area contributed by atoms with Crippen molar-refractivity contribution in [3.05, 3.63) is 78.4 Å². The third-order valence-corrected chi connectivity index (χ3v) is 7.11. The predicted molar refractivity (Wildman–Crippen MR) is 125 cm³/mol. The molecule has 0 unspecified atom stereocenters. The Balaban J connectivity index is 1.94. The Kier molecular flexibility index (Phi) is 7.93. The molecule has 6 nitrogen and oxygen atoms in total. The fourth-order valence-corrected chi connectivity index (χ4v) is 4.81. The number of ether oxygens (including phenoxy) is 1. The fraction of sp³-hybridized carbons (Fsp3) is 0.174. The minimum Gasteiger partial charge on any atom is -0.494 e. The molecule has 0 spiro atoms. The van der Waals surface area contributed by atoms with Crippen molar-refractivity contribution < 1.29 is 26.7 Å². The highest BCUT2D eigenvalue weighted by Crippen LogP contribution is 2.27. The van der Waals surface area contributed by atoms with Crippen LogP contribution in [0.3, 0.4) is 0 Å². The van der Waals surface area contributed by atoms with Crippen molar-refractivity contribution in [1.29, 1.82) is 0 Å². The van der Waals surface area contributed by atoms with E-state index in [1.54, 1.807) is 24.3 Å². The zero-order valence-electron chi connectivity index (χ0n) is 17.9. The lowest BCUT2D eigenvalue weighted by molar-refractivity contribution is -0.114. The molecule has 0 fully saturated rings. The lowest BCUT2D eigenvalue weighted by atomic mass is 10.3. The summed E-state index contributed by atoms with van der Waals surface area (Å²) in [7, 11) is -4.14. The van der Waals surface area contributed by atoms with E-state index in [0.717, 1.165) is 21.3 Å². The van der Waals surface area contributed by atoms with Gasteiger partial charge in [0.05, 0.1) is 22.9 Å². The number of hydrogen-bond acceptors (Lipinski definition) is 5. The van der Waals surface area contributed by atoms with Crippen LogP contribution in [0.5, 0.6) is 5.75 Å². The summed E-state index contributed by atoms with van der Waals surface area (Å²) in [6.45, 7) is 1.63. The number of anilines is 2. The number of benzene rings is 3. The normalized spacial score (nSPS) is 11.2. The second kappa shape index (κ2) is 10.7. The third kappa shape index (κ3) is 6.02. The first kappa shape index (κ1) is 24.5. The van der Waals surface area contributed by atoms with E-state index >= 15 is 0 Å². The van der Waals surface area contributed by atoms with Crippen LogP contribution in [0.1, 0.15) is 6.92 Å². The van der Waals surface area contributed by atoms with Gasteiger partial charge in [0.1, 0.15) is 23.9 Å². The molecule has 0 aliphatic heterocycles. The number of amides is 1. The van der Waals surface area contributed by atoms with Crippen LogP contribution in [-0.2, 0) is 14.8 Å². The quantitative estimate of drug-likeness (QED) is 0.429. The van der Waals surface area contributed by atoms with Crippen molar-refractivity contribution in [3.8, 4) is 5.75 Å². The van der Waals surface area contributed by atoms with Crippen LogP contribution >= 0.6 is 11.8 Å².